The number of nitrogens with zero attached hydrogens (tertiary/aromatic N) is 2. The number of rotatable bonds is 5. The first-order valence-corrected chi connectivity index (χ1v) is 9.43. The highest BCUT2D eigenvalue weighted by molar-refractivity contribution is 5.66. The van der Waals surface area contributed by atoms with Crippen molar-refractivity contribution in [2.45, 2.75) is 49.9 Å². The summed E-state index contributed by atoms with van der Waals surface area (Å²) in [6, 6.07) is 20.6. The Kier molecular flexibility index (Phi) is 4.45. The van der Waals surface area contributed by atoms with E-state index in [1.807, 2.05) is 48.5 Å². The third kappa shape index (κ3) is 2.78. The Morgan fingerprint density at radius 3 is 2.19 bits per heavy atom. The monoisotopic (exact) mass is 350 g/mol. The van der Waals surface area contributed by atoms with Crippen LogP contribution in [-0.2, 0) is 6.54 Å². The van der Waals surface area contributed by atoms with Gasteiger partial charge in [-0.15, -0.1) is 0 Å². The van der Waals surface area contributed by atoms with Gasteiger partial charge in [-0.2, -0.15) is 0 Å². The van der Waals surface area contributed by atoms with Crippen LogP contribution in [0.1, 0.15) is 42.9 Å². The second-order valence-corrected chi connectivity index (χ2v) is 7.65. The normalized spacial score (nSPS) is 26.0. The predicted octanol–water partition coefficient (Wildman–Crippen LogP) is 4.53. The van der Waals surface area contributed by atoms with Gasteiger partial charge in [0.2, 0.25) is 0 Å². The lowest BCUT2D eigenvalue weighted by molar-refractivity contribution is 0.0419. The summed E-state index contributed by atoms with van der Waals surface area (Å²) in [5.74, 6) is 0. The van der Waals surface area contributed by atoms with E-state index in [0.29, 0.717) is 12.6 Å². The van der Waals surface area contributed by atoms with E-state index in [0.717, 1.165) is 24.0 Å². The lowest BCUT2D eigenvalue weighted by Gasteiger charge is -2.45. The predicted molar refractivity (Wildman–Crippen MR) is 102 cm³/mol. The number of carbonyl (C=O) groups is 1. The van der Waals surface area contributed by atoms with Gasteiger partial charge in [-0.05, 0) is 43.9 Å². The molecule has 4 nitrogen and oxygen atoms in total. The number of benzene rings is 2. The van der Waals surface area contributed by atoms with Gasteiger partial charge in [0, 0.05) is 18.1 Å². The Balaban J connectivity index is 1.77. The molecule has 4 rings (SSSR count). The van der Waals surface area contributed by atoms with Gasteiger partial charge < -0.3 is 5.11 Å². The zero-order valence-electron chi connectivity index (χ0n) is 15.2. The van der Waals surface area contributed by atoms with Crippen molar-refractivity contribution in [1.29, 1.82) is 0 Å². The summed E-state index contributed by atoms with van der Waals surface area (Å²) in [6.07, 6.45) is 3.61. The molecule has 2 aliphatic heterocycles. The molecule has 0 saturated carbocycles. The molecule has 1 atom stereocenters. The largest absolute Gasteiger partial charge is 0.465 e. The number of likely N-dealkylation sites (N-methyl/N-ethyl adjacent to an activating group) is 1. The topological polar surface area (TPSA) is 43.8 Å². The van der Waals surface area contributed by atoms with E-state index in [1.54, 1.807) is 4.90 Å². The van der Waals surface area contributed by atoms with E-state index in [9.17, 15) is 9.90 Å². The number of amides is 1. The molecule has 2 aromatic carbocycles. The van der Waals surface area contributed by atoms with Crippen LogP contribution in [0.3, 0.4) is 0 Å². The molecule has 1 amide bonds. The molecule has 2 bridgehead atoms. The summed E-state index contributed by atoms with van der Waals surface area (Å²) >= 11 is 0. The third-order valence-corrected chi connectivity index (χ3v) is 6.45. The van der Waals surface area contributed by atoms with Crippen LogP contribution in [-0.4, -0.2) is 39.6 Å². The van der Waals surface area contributed by atoms with Crippen LogP contribution in [0.5, 0.6) is 0 Å². The average molecular weight is 350 g/mol. The highest BCUT2D eigenvalue weighted by Gasteiger charge is 2.56. The molecule has 0 aromatic heterocycles. The Morgan fingerprint density at radius 2 is 1.69 bits per heavy atom. The Morgan fingerprint density at radius 1 is 1.12 bits per heavy atom. The average Bonchev–Trinajstić information content (AvgIpc) is 3.15. The molecule has 2 aliphatic rings. The smallest absolute Gasteiger partial charge is 0.408 e. The van der Waals surface area contributed by atoms with Gasteiger partial charge in [0.25, 0.3) is 0 Å². The van der Waals surface area contributed by atoms with Crippen molar-refractivity contribution in [2.75, 3.05) is 7.05 Å². The van der Waals surface area contributed by atoms with E-state index >= 15 is 0 Å². The van der Waals surface area contributed by atoms with Crippen LogP contribution in [0.25, 0.3) is 0 Å². The maximum atomic E-state index is 12.4. The Bertz CT molecular complexity index is 754. The van der Waals surface area contributed by atoms with E-state index < -0.39 is 6.09 Å². The summed E-state index contributed by atoms with van der Waals surface area (Å²) in [4.78, 5) is 16.5. The molecule has 2 heterocycles. The molecule has 2 aromatic rings. The molecule has 26 heavy (non-hydrogen) atoms. The minimum absolute atomic E-state index is 0.0980. The van der Waals surface area contributed by atoms with Crippen molar-refractivity contribution in [3.05, 3.63) is 71.8 Å². The molecule has 0 aliphatic carbocycles. The maximum absolute atomic E-state index is 12.4. The summed E-state index contributed by atoms with van der Waals surface area (Å²) in [7, 11) is 2.18. The second kappa shape index (κ2) is 6.76. The molecule has 0 spiro atoms. The third-order valence-electron chi connectivity index (χ3n) is 6.45. The Labute approximate surface area is 155 Å². The minimum atomic E-state index is -0.846. The first-order chi connectivity index (χ1) is 12.6. The maximum Gasteiger partial charge on any atom is 0.408 e. The van der Waals surface area contributed by atoms with E-state index in [-0.39, 0.29) is 11.6 Å². The lowest BCUT2D eigenvalue weighted by Crippen LogP contribution is -2.52. The molecule has 1 N–H and O–H groups in total. The molecular formula is C22H26N2O2. The van der Waals surface area contributed by atoms with Gasteiger partial charge in [-0.1, -0.05) is 60.7 Å². The van der Waals surface area contributed by atoms with Crippen molar-refractivity contribution in [1.82, 2.24) is 9.80 Å². The first kappa shape index (κ1) is 17.1. The van der Waals surface area contributed by atoms with E-state index in [2.05, 4.69) is 24.1 Å². The summed E-state index contributed by atoms with van der Waals surface area (Å²) in [6.45, 7) is 0.413. The molecule has 0 radical (unpaired) electrons. The van der Waals surface area contributed by atoms with E-state index in [1.165, 1.54) is 12.8 Å². The van der Waals surface area contributed by atoms with Crippen LogP contribution >= 0.6 is 0 Å². The van der Waals surface area contributed by atoms with Gasteiger partial charge in [0.15, 0.2) is 0 Å². The zero-order chi connectivity index (χ0) is 18.1. The highest BCUT2D eigenvalue weighted by atomic mass is 16.4. The fourth-order valence-corrected chi connectivity index (χ4v) is 5.14. The summed E-state index contributed by atoms with van der Waals surface area (Å²) < 4.78 is 0. The van der Waals surface area contributed by atoms with Gasteiger partial charge in [0.1, 0.15) is 0 Å². The number of fused-ring (bicyclic) bond motifs is 2. The summed E-state index contributed by atoms with van der Waals surface area (Å²) in [5, 5.41) is 10.1. The summed E-state index contributed by atoms with van der Waals surface area (Å²) in [5.41, 5.74) is 2.03. The molecule has 0 unspecified atom stereocenters. The first-order valence-electron chi connectivity index (χ1n) is 9.43. The van der Waals surface area contributed by atoms with Crippen molar-refractivity contribution in [3.8, 4) is 0 Å². The molecule has 2 saturated heterocycles. The van der Waals surface area contributed by atoms with Gasteiger partial charge >= 0.3 is 6.09 Å². The lowest BCUT2D eigenvalue weighted by atomic mass is 9.77. The van der Waals surface area contributed by atoms with Crippen molar-refractivity contribution in [3.63, 3.8) is 0 Å². The van der Waals surface area contributed by atoms with Crippen molar-refractivity contribution in [2.24, 2.45) is 0 Å². The van der Waals surface area contributed by atoms with Crippen molar-refractivity contribution >= 4 is 6.09 Å². The van der Waals surface area contributed by atoms with Crippen LogP contribution in [0, 0.1) is 0 Å². The second-order valence-electron chi connectivity index (χ2n) is 7.65. The zero-order valence-corrected chi connectivity index (χ0v) is 15.2. The molecule has 2 fully saturated rings. The van der Waals surface area contributed by atoms with Crippen LogP contribution < -0.4 is 0 Å². The molecule has 136 valence electrons. The van der Waals surface area contributed by atoms with E-state index in [4.69, 9.17) is 0 Å². The SMILES string of the molecule is CN1C2CCC1([C@@H](c1ccccc1)N(Cc1ccccc1)C(=O)O)CC2. The van der Waals surface area contributed by atoms with Crippen LogP contribution in [0.15, 0.2) is 60.7 Å². The molecular weight excluding hydrogens is 324 g/mol. The number of carboxylic acid groups (broad SMARTS) is 1. The van der Waals surface area contributed by atoms with Gasteiger partial charge in [-0.3, -0.25) is 9.80 Å². The van der Waals surface area contributed by atoms with Crippen molar-refractivity contribution < 1.29 is 9.90 Å². The highest BCUT2D eigenvalue weighted by Crippen LogP contribution is 2.53. The standard InChI is InChI=1S/C22H26N2O2/c1-23-19-12-14-22(23,15-13-19)20(18-10-6-3-7-11-18)24(21(25)26)16-17-8-4-2-5-9-17/h2-11,19-20H,12-16H2,1H3,(H,25,26)/t19?,20-,22?/m1/s1. The van der Waals surface area contributed by atoms with Gasteiger partial charge in [-0.25, -0.2) is 4.79 Å². The number of hydrogen-bond acceptors (Lipinski definition) is 2. The number of hydrogen-bond donors (Lipinski definition) is 1. The van der Waals surface area contributed by atoms with Crippen LogP contribution in [0.4, 0.5) is 4.79 Å². The Hall–Kier alpha value is -2.33. The fraction of sp³-hybridized carbons (Fsp3) is 0.409. The van der Waals surface area contributed by atoms with Crippen LogP contribution in [0.2, 0.25) is 0 Å². The molecule has 4 heteroatoms. The minimum Gasteiger partial charge on any atom is -0.465 e. The fourth-order valence-electron chi connectivity index (χ4n) is 5.14. The van der Waals surface area contributed by atoms with Gasteiger partial charge in [0.05, 0.1) is 6.04 Å². The quantitative estimate of drug-likeness (QED) is 0.861.